The topological polar surface area (TPSA) is 67.3 Å². The number of aromatic nitrogens is 2. The maximum atomic E-state index is 13.1. The molecule has 1 aliphatic heterocycles. The molecule has 4 rings (SSSR count). The summed E-state index contributed by atoms with van der Waals surface area (Å²) in [5.74, 6) is 1.88. The van der Waals surface area contributed by atoms with E-state index in [-0.39, 0.29) is 11.8 Å². The van der Waals surface area contributed by atoms with Gasteiger partial charge in [-0.05, 0) is 68.1 Å². The second kappa shape index (κ2) is 10.4. The van der Waals surface area contributed by atoms with Gasteiger partial charge in [0.15, 0.2) is 0 Å². The normalized spacial score (nSPS) is 16.1. The molecule has 2 aromatic heterocycles. The maximum Gasteiger partial charge on any atom is 0.253 e. The summed E-state index contributed by atoms with van der Waals surface area (Å²) in [5, 5.41) is 3.32. The summed E-state index contributed by atoms with van der Waals surface area (Å²) in [6.07, 6.45) is 3.76. The van der Waals surface area contributed by atoms with Crippen molar-refractivity contribution in [2.24, 2.45) is 0 Å². The largest absolute Gasteiger partial charge is 0.377 e. The lowest BCUT2D eigenvalue weighted by molar-refractivity contribution is 0.0705. The molecule has 6 heteroatoms. The predicted molar refractivity (Wildman–Crippen MR) is 126 cm³/mol. The first-order chi connectivity index (χ1) is 15.6. The molecule has 166 valence electrons. The van der Waals surface area contributed by atoms with E-state index in [1.807, 2.05) is 67.3 Å². The lowest BCUT2D eigenvalue weighted by Crippen LogP contribution is -2.39. The number of amides is 1. The fraction of sp³-hybridized carbons (Fsp3) is 0.346. The standard InChI is InChI=1S/C26H30N4O2/c1-3-32-18-20-11-13-21(14-12-20)26(31)30-16-6-8-22(17-30)23-9-4-10-24(28-23)29-25-19(2)7-5-15-27-25/h4-5,7,9-15,22H,3,6,8,16-18H2,1-2H3,(H,27,28,29)/t22-/m0/s1. The number of nitrogens with one attached hydrogen (secondary N) is 1. The van der Waals surface area contributed by atoms with Crippen molar-refractivity contribution in [3.8, 4) is 0 Å². The van der Waals surface area contributed by atoms with Gasteiger partial charge in [0.1, 0.15) is 11.6 Å². The number of piperidine rings is 1. The van der Waals surface area contributed by atoms with Crippen molar-refractivity contribution < 1.29 is 9.53 Å². The second-order valence-corrected chi connectivity index (χ2v) is 8.17. The zero-order valence-corrected chi connectivity index (χ0v) is 18.8. The van der Waals surface area contributed by atoms with E-state index in [1.54, 1.807) is 6.20 Å². The van der Waals surface area contributed by atoms with Gasteiger partial charge in [-0.2, -0.15) is 0 Å². The molecule has 1 amide bonds. The minimum Gasteiger partial charge on any atom is -0.377 e. The van der Waals surface area contributed by atoms with Gasteiger partial charge in [0, 0.05) is 43.1 Å². The smallest absolute Gasteiger partial charge is 0.253 e. The van der Waals surface area contributed by atoms with Crippen LogP contribution in [0.5, 0.6) is 0 Å². The molecule has 1 N–H and O–H groups in total. The Labute approximate surface area is 189 Å². The number of nitrogens with zero attached hydrogens (tertiary/aromatic N) is 3. The summed E-state index contributed by atoms with van der Waals surface area (Å²) < 4.78 is 5.44. The molecule has 0 radical (unpaired) electrons. The second-order valence-electron chi connectivity index (χ2n) is 8.17. The van der Waals surface area contributed by atoms with Gasteiger partial charge in [0.25, 0.3) is 5.91 Å². The highest BCUT2D eigenvalue weighted by molar-refractivity contribution is 5.94. The van der Waals surface area contributed by atoms with Crippen molar-refractivity contribution >= 4 is 17.5 Å². The lowest BCUT2D eigenvalue weighted by atomic mass is 9.93. The number of likely N-dealkylation sites (tertiary alicyclic amines) is 1. The Morgan fingerprint density at radius 2 is 2.00 bits per heavy atom. The van der Waals surface area contributed by atoms with Gasteiger partial charge < -0.3 is 15.0 Å². The molecule has 3 heterocycles. The van der Waals surface area contributed by atoms with E-state index in [4.69, 9.17) is 9.72 Å². The molecule has 1 fully saturated rings. The van der Waals surface area contributed by atoms with E-state index in [0.717, 1.165) is 53.4 Å². The first kappa shape index (κ1) is 22.0. The van der Waals surface area contributed by atoms with E-state index >= 15 is 0 Å². The first-order valence-corrected chi connectivity index (χ1v) is 11.3. The highest BCUT2D eigenvalue weighted by atomic mass is 16.5. The van der Waals surface area contributed by atoms with Crippen LogP contribution in [0.3, 0.4) is 0 Å². The van der Waals surface area contributed by atoms with Gasteiger partial charge in [-0.25, -0.2) is 9.97 Å². The number of pyridine rings is 2. The van der Waals surface area contributed by atoms with Crippen LogP contribution in [0.25, 0.3) is 0 Å². The quantitative estimate of drug-likeness (QED) is 0.566. The van der Waals surface area contributed by atoms with Crippen LogP contribution < -0.4 is 5.32 Å². The van der Waals surface area contributed by atoms with Crippen LogP contribution in [-0.2, 0) is 11.3 Å². The molecular weight excluding hydrogens is 400 g/mol. The number of rotatable bonds is 7. The minimum absolute atomic E-state index is 0.0797. The number of hydrogen-bond acceptors (Lipinski definition) is 5. The molecule has 1 saturated heterocycles. The molecule has 0 spiro atoms. The summed E-state index contributed by atoms with van der Waals surface area (Å²) in [7, 11) is 0. The molecule has 0 bridgehead atoms. The van der Waals surface area contributed by atoms with Crippen molar-refractivity contribution in [1.29, 1.82) is 0 Å². The minimum atomic E-state index is 0.0797. The Morgan fingerprint density at radius 3 is 2.78 bits per heavy atom. The van der Waals surface area contributed by atoms with Crippen LogP contribution in [-0.4, -0.2) is 40.5 Å². The van der Waals surface area contributed by atoms with E-state index in [1.165, 1.54) is 0 Å². The monoisotopic (exact) mass is 430 g/mol. The van der Waals surface area contributed by atoms with Gasteiger partial charge in [-0.1, -0.05) is 24.3 Å². The number of hydrogen-bond donors (Lipinski definition) is 1. The van der Waals surface area contributed by atoms with E-state index in [0.29, 0.717) is 19.8 Å². The van der Waals surface area contributed by atoms with Crippen LogP contribution in [0.4, 0.5) is 11.6 Å². The SMILES string of the molecule is CCOCc1ccc(C(=O)N2CCC[C@H](c3cccc(Nc4ncccc4C)n3)C2)cc1. The fourth-order valence-electron chi connectivity index (χ4n) is 4.04. The zero-order valence-electron chi connectivity index (χ0n) is 18.8. The van der Waals surface area contributed by atoms with E-state index in [9.17, 15) is 4.79 Å². The molecule has 0 unspecified atom stereocenters. The molecule has 0 saturated carbocycles. The number of ether oxygens (including phenoxy) is 1. The summed E-state index contributed by atoms with van der Waals surface area (Å²) in [5.41, 5.74) is 3.88. The Morgan fingerprint density at radius 1 is 1.16 bits per heavy atom. The first-order valence-electron chi connectivity index (χ1n) is 11.3. The number of carbonyl (C=O) groups excluding carboxylic acids is 1. The maximum absolute atomic E-state index is 13.1. The third kappa shape index (κ3) is 5.32. The van der Waals surface area contributed by atoms with Crippen LogP contribution in [0.15, 0.2) is 60.8 Å². The zero-order chi connectivity index (χ0) is 22.3. The van der Waals surface area contributed by atoms with E-state index in [2.05, 4.69) is 16.4 Å². The van der Waals surface area contributed by atoms with Gasteiger partial charge in [0.2, 0.25) is 0 Å². The molecule has 1 aromatic carbocycles. The molecular formula is C26H30N4O2. The highest BCUT2D eigenvalue weighted by Crippen LogP contribution is 2.28. The van der Waals surface area contributed by atoms with Crippen molar-refractivity contribution in [3.05, 3.63) is 83.2 Å². The average molecular weight is 431 g/mol. The number of aryl methyl sites for hydroxylation is 1. The van der Waals surface area contributed by atoms with Crippen LogP contribution in [0, 0.1) is 6.92 Å². The van der Waals surface area contributed by atoms with Gasteiger partial charge in [-0.3, -0.25) is 4.79 Å². The third-order valence-corrected chi connectivity index (χ3v) is 5.83. The van der Waals surface area contributed by atoms with Crippen molar-refractivity contribution in [2.45, 2.75) is 39.2 Å². The molecule has 32 heavy (non-hydrogen) atoms. The number of benzene rings is 1. The van der Waals surface area contributed by atoms with Crippen molar-refractivity contribution in [3.63, 3.8) is 0 Å². The average Bonchev–Trinajstić information content (AvgIpc) is 2.84. The van der Waals surface area contributed by atoms with Crippen molar-refractivity contribution in [2.75, 3.05) is 25.0 Å². The van der Waals surface area contributed by atoms with Gasteiger partial charge in [0.05, 0.1) is 6.61 Å². The highest BCUT2D eigenvalue weighted by Gasteiger charge is 2.26. The Hall–Kier alpha value is -3.25. The fourth-order valence-corrected chi connectivity index (χ4v) is 4.04. The Kier molecular flexibility index (Phi) is 7.12. The Bertz CT molecular complexity index is 1050. The Balaban J connectivity index is 1.43. The summed E-state index contributed by atoms with van der Waals surface area (Å²) in [4.78, 5) is 24.3. The molecule has 1 atom stereocenters. The van der Waals surface area contributed by atoms with Crippen molar-refractivity contribution in [1.82, 2.24) is 14.9 Å². The van der Waals surface area contributed by atoms with Crippen LogP contribution in [0.1, 0.15) is 52.9 Å². The lowest BCUT2D eigenvalue weighted by Gasteiger charge is -2.32. The van der Waals surface area contributed by atoms with Gasteiger partial charge in [-0.15, -0.1) is 0 Å². The summed E-state index contributed by atoms with van der Waals surface area (Å²) in [6.45, 7) is 6.71. The van der Waals surface area contributed by atoms with Gasteiger partial charge >= 0.3 is 0 Å². The van der Waals surface area contributed by atoms with Crippen LogP contribution >= 0.6 is 0 Å². The summed E-state index contributed by atoms with van der Waals surface area (Å²) in [6, 6.07) is 17.7. The third-order valence-electron chi connectivity index (χ3n) is 5.83. The summed E-state index contributed by atoms with van der Waals surface area (Å²) >= 11 is 0. The number of carbonyl (C=O) groups is 1. The molecule has 0 aliphatic carbocycles. The van der Waals surface area contributed by atoms with E-state index < -0.39 is 0 Å². The number of anilines is 2. The molecule has 6 nitrogen and oxygen atoms in total. The molecule has 1 aliphatic rings. The van der Waals surface area contributed by atoms with Crippen LogP contribution in [0.2, 0.25) is 0 Å². The predicted octanol–water partition coefficient (Wildman–Crippen LogP) is 5.08. The molecule has 3 aromatic rings.